The Bertz CT molecular complexity index is 986. The van der Waals surface area contributed by atoms with Gasteiger partial charge in [0.2, 0.25) is 10.0 Å². The molecule has 28 heavy (non-hydrogen) atoms. The lowest BCUT2D eigenvalue weighted by Crippen LogP contribution is -2.39. The summed E-state index contributed by atoms with van der Waals surface area (Å²) in [5, 5.41) is 0. The Morgan fingerprint density at radius 2 is 1.82 bits per heavy atom. The largest absolute Gasteiger partial charge is 0.455 e. The van der Waals surface area contributed by atoms with Gasteiger partial charge in [0.05, 0.1) is 4.90 Å². The van der Waals surface area contributed by atoms with Gasteiger partial charge in [-0.1, -0.05) is 35.9 Å². The van der Waals surface area contributed by atoms with E-state index in [2.05, 4.69) is 4.72 Å². The van der Waals surface area contributed by atoms with Crippen LogP contribution in [0, 0.1) is 6.92 Å². The van der Waals surface area contributed by atoms with Crippen molar-refractivity contribution in [2.45, 2.75) is 31.2 Å². The van der Waals surface area contributed by atoms with Crippen LogP contribution in [-0.4, -0.2) is 39.5 Å². The van der Waals surface area contributed by atoms with Crippen LogP contribution in [0.5, 0.6) is 0 Å². The summed E-state index contributed by atoms with van der Waals surface area (Å²) in [4.78, 5) is 26.1. The molecule has 0 aromatic heterocycles. The van der Waals surface area contributed by atoms with Crippen molar-refractivity contribution < 1.29 is 22.7 Å². The number of nitrogens with zero attached hydrogens (tertiary/aromatic N) is 1. The van der Waals surface area contributed by atoms with Crippen LogP contribution < -0.4 is 9.62 Å². The standard InChI is InChI=1S/C20H22N2O5S/c1-14-7-9-17(10-8-14)28(25,26)21-12-20(24)27-13-19(23)22-15(2)11-16-5-3-4-6-18(16)22/h3-10,15,21H,11-13H2,1-2H3/t15-/m0/s1. The van der Waals surface area contributed by atoms with Crippen molar-refractivity contribution in [2.75, 3.05) is 18.1 Å². The highest BCUT2D eigenvalue weighted by Gasteiger charge is 2.31. The molecule has 0 saturated heterocycles. The minimum atomic E-state index is -3.82. The highest BCUT2D eigenvalue weighted by Crippen LogP contribution is 2.31. The van der Waals surface area contributed by atoms with Gasteiger partial charge in [-0.2, -0.15) is 4.72 Å². The van der Waals surface area contributed by atoms with Crippen molar-refractivity contribution in [3.8, 4) is 0 Å². The van der Waals surface area contributed by atoms with E-state index in [1.54, 1.807) is 17.0 Å². The number of anilines is 1. The van der Waals surface area contributed by atoms with Crippen LogP contribution in [0.2, 0.25) is 0 Å². The van der Waals surface area contributed by atoms with Crippen molar-refractivity contribution in [3.63, 3.8) is 0 Å². The SMILES string of the molecule is Cc1ccc(S(=O)(=O)NCC(=O)OCC(=O)N2c3ccccc3C[C@@H]2C)cc1. The molecule has 3 rings (SSSR count). The maximum atomic E-state index is 12.5. The highest BCUT2D eigenvalue weighted by molar-refractivity contribution is 7.89. The molecule has 7 nitrogen and oxygen atoms in total. The fourth-order valence-corrected chi connectivity index (χ4v) is 4.13. The number of aryl methyl sites for hydroxylation is 1. The Morgan fingerprint density at radius 3 is 2.54 bits per heavy atom. The number of carbonyl (C=O) groups is 2. The smallest absolute Gasteiger partial charge is 0.321 e. The average Bonchev–Trinajstić information content (AvgIpc) is 3.00. The quantitative estimate of drug-likeness (QED) is 0.744. The van der Waals surface area contributed by atoms with Crippen molar-refractivity contribution in [1.29, 1.82) is 0 Å². The van der Waals surface area contributed by atoms with E-state index in [-0.39, 0.29) is 16.8 Å². The third-order valence-corrected chi connectivity index (χ3v) is 5.99. The van der Waals surface area contributed by atoms with E-state index in [1.807, 2.05) is 38.1 Å². The second-order valence-corrected chi connectivity index (χ2v) is 8.51. The molecule has 2 aromatic carbocycles. The van der Waals surface area contributed by atoms with Gasteiger partial charge in [-0.25, -0.2) is 8.42 Å². The highest BCUT2D eigenvalue weighted by atomic mass is 32.2. The first-order valence-corrected chi connectivity index (χ1v) is 10.4. The van der Waals surface area contributed by atoms with Crippen LogP contribution in [0.25, 0.3) is 0 Å². The van der Waals surface area contributed by atoms with E-state index in [0.717, 1.165) is 23.2 Å². The number of hydrogen-bond acceptors (Lipinski definition) is 5. The van der Waals surface area contributed by atoms with Gasteiger partial charge >= 0.3 is 5.97 Å². The molecule has 0 unspecified atom stereocenters. The molecular weight excluding hydrogens is 380 g/mol. The average molecular weight is 402 g/mol. The molecule has 1 aliphatic rings. The lowest BCUT2D eigenvalue weighted by Gasteiger charge is -2.22. The van der Waals surface area contributed by atoms with Gasteiger partial charge in [-0.3, -0.25) is 9.59 Å². The summed E-state index contributed by atoms with van der Waals surface area (Å²) in [6.07, 6.45) is 0.742. The number of hydrogen-bond donors (Lipinski definition) is 1. The van der Waals surface area contributed by atoms with Crippen LogP contribution in [0.1, 0.15) is 18.1 Å². The second kappa shape index (κ2) is 8.12. The van der Waals surface area contributed by atoms with Crippen molar-refractivity contribution in [1.82, 2.24) is 4.72 Å². The molecule has 148 valence electrons. The van der Waals surface area contributed by atoms with Gasteiger partial charge in [-0.15, -0.1) is 0 Å². The first kappa shape index (κ1) is 20.0. The number of amides is 1. The van der Waals surface area contributed by atoms with Crippen LogP contribution >= 0.6 is 0 Å². The van der Waals surface area contributed by atoms with Crippen LogP contribution in [0.3, 0.4) is 0 Å². The second-order valence-electron chi connectivity index (χ2n) is 6.74. The Labute approximate surface area is 164 Å². The van der Waals surface area contributed by atoms with Crippen molar-refractivity contribution in [3.05, 3.63) is 59.7 Å². The number of ether oxygens (including phenoxy) is 1. The summed E-state index contributed by atoms with van der Waals surface area (Å²) < 4.78 is 31.5. The van der Waals surface area contributed by atoms with E-state index in [4.69, 9.17) is 4.74 Å². The fourth-order valence-electron chi connectivity index (χ4n) is 3.16. The molecule has 2 aromatic rings. The monoisotopic (exact) mass is 402 g/mol. The zero-order valence-electron chi connectivity index (χ0n) is 15.7. The molecule has 1 N–H and O–H groups in total. The Hall–Kier alpha value is -2.71. The first-order valence-electron chi connectivity index (χ1n) is 8.90. The topological polar surface area (TPSA) is 92.8 Å². The predicted octanol–water partition coefficient (Wildman–Crippen LogP) is 1.79. The van der Waals surface area contributed by atoms with Crippen LogP contribution in [0.15, 0.2) is 53.4 Å². The molecule has 0 bridgehead atoms. The summed E-state index contributed by atoms with van der Waals surface area (Å²) in [5.41, 5.74) is 2.81. The van der Waals surface area contributed by atoms with Gasteiger partial charge in [0, 0.05) is 11.7 Å². The van der Waals surface area contributed by atoms with Gasteiger partial charge in [0.15, 0.2) is 6.61 Å². The maximum Gasteiger partial charge on any atom is 0.321 e. The van der Waals surface area contributed by atoms with Gasteiger partial charge in [-0.05, 0) is 44.0 Å². The van der Waals surface area contributed by atoms with E-state index >= 15 is 0 Å². The summed E-state index contributed by atoms with van der Waals surface area (Å²) >= 11 is 0. The number of carbonyl (C=O) groups excluding carboxylic acids is 2. The number of benzene rings is 2. The molecule has 0 fully saturated rings. The third-order valence-electron chi connectivity index (χ3n) is 4.57. The molecule has 8 heteroatoms. The molecular formula is C20H22N2O5S. The summed E-state index contributed by atoms with van der Waals surface area (Å²) in [7, 11) is -3.82. The van der Waals surface area contributed by atoms with E-state index < -0.39 is 29.1 Å². The molecule has 1 aliphatic heterocycles. The van der Waals surface area contributed by atoms with Crippen molar-refractivity contribution in [2.24, 2.45) is 0 Å². The Morgan fingerprint density at radius 1 is 1.14 bits per heavy atom. The number of esters is 1. The zero-order valence-corrected chi connectivity index (χ0v) is 16.5. The van der Waals surface area contributed by atoms with E-state index in [9.17, 15) is 18.0 Å². The number of nitrogens with one attached hydrogen (secondary N) is 1. The van der Waals surface area contributed by atoms with E-state index in [0.29, 0.717) is 0 Å². The lowest BCUT2D eigenvalue weighted by atomic mass is 10.1. The molecule has 0 saturated carbocycles. The fraction of sp³-hybridized carbons (Fsp3) is 0.300. The Kier molecular flexibility index (Phi) is 5.81. The Balaban J connectivity index is 1.53. The summed E-state index contributed by atoms with van der Waals surface area (Å²) in [6, 6.07) is 13.8. The van der Waals surface area contributed by atoms with Crippen LogP contribution in [0.4, 0.5) is 5.69 Å². The number of para-hydroxylation sites is 1. The molecule has 1 amide bonds. The zero-order chi connectivity index (χ0) is 20.3. The predicted molar refractivity (Wildman–Crippen MR) is 104 cm³/mol. The molecule has 0 aliphatic carbocycles. The molecule has 1 heterocycles. The minimum absolute atomic E-state index is 0.0244. The normalized spacial score (nSPS) is 15.9. The number of rotatable bonds is 6. The minimum Gasteiger partial charge on any atom is -0.455 e. The summed E-state index contributed by atoms with van der Waals surface area (Å²) in [5.74, 6) is -1.16. The van der Waals surface area contributed by atoms with Crippen molar-refractivity contribution >= 4 is 27.6 Å². The van der Waals surface area contributed by atoms with Crippen LogP contribution in [-0.2, 0) is 30.8 Å². The molecule has 0 radical (unpaired) electrons. The van der Waals surface area contributed by atoms with Gasteiger partial charge < -0.3 is 9.64 Å². The lowest BCUT2D eigenvalue weighted by molar-refractivity contribution is -0.146. The third kappa shape index (κ3) is 4.40. The molecule has 1 atom stereocenters. The van der Waals surface area contributed by atoms with E-state index in [1.165, 1.54) is 12.1 Å². The van der Waals surface area contributed by atoms with Gasteiger partial charge in [0.1, 0.15) is 6.54 Å². The molecule has 0 spiro atoms. The number of fused-ring (bicyclic) bond motifs is 1. The van der Waals surface area contributed by atoms with Gasteiger partial charge in [0.25, 0.3) is 5.91 Å². The maximum absolute atomic E-state index is 12.5. The first-order chi connectivity index (χ1) is 13.3. The number of sulfonamides is 1. The summed E-state index contributed by atoms with van der Waals surface area (Å²) in [6.45, 7) is 2.78.